The van der Waals surface area contributed by atoms with Gasteiger partial charge in [0.15, 0.2) is 0 Å². The Morgan fingerprint density at radius 3 is 2.00 bits per heavy atom. The Hall–Kier alpha value is -3.02. The van der Waals surface area contributed by atoms with E-state index in [9.17, 15) is 14.9 Å². The maximum atomic E-state index is 12.0. The zero-order valence-electron chi connectivity index (χ0n) is 12.3. The fourth-order valence-corrected chi connectivity index (χ4v) is 2.38. The molecule has 1 saturated carbocycles. The molecule has 23 heavy (non-hydrogen) atoms. The van der Waals surface area contributed by atoms with E-state index < -0.39 is 22.8 Å². The third-order valence-electron chi connectivity index (χ3n) is 3.74. The van der Waals surface area contributed by atoms with Crippen LogP contribution in [0.25, 0.3) is 0 Å². The quantitative estimate of drug-likeness (QED) is 0.522. The van der Waals surface area contributed by atoms with Crippen molar-refractivity contribution in [2.24, 2.45) is 11.0 Å². The Morgan fingerprint density at radius 2 is 1.57 bits per heavy atom. The topological polar surface area (TPSA) is 84.6 Å². The summed E-state index contributed by atoms with van der Waals surface area (Å²) in [6, 6.07) is 18.2. The molecule has 0 aromatic heterocycles. The molecule has 6 nitrogen and oxygen atoms in total. The van der Waals surface area contributed by atoms with Gasteiger partial charge in [-0.2, -0.15) is 5.10 Å². The van der Waals surface area contributed by atoms with Crippen LogP contribution in [0.2, 0.25) is 0 Å². The lowest BCUT2D eigenvalue weighted by atomic mass is 10.0. The second kappa shape index (κ2) is 6.39. The van der Waals surface area contributed by atoms with E-state index in [1.54, 1.807) is 0 Å². The normalized spacial score (nSPS) is 18.8. The van der Waals surface area contributed by atoms with Crippen molar-refractivity contribution in [2.75, 3.05) is 0 Å². The number of nitrogens with zero attached hydrogens (tertiary/aromatic N) is 2. The van der Waals surface area contributed by atoms with Gasteiger partial charge in [-0.25, -0.2) is 5.43 Å². The summed E-state index contributed by atoms with van der Waals surface area (Å²) in [4.78, 5) is 22.2. The van der Waals surface area contributed by atoms with Crippen molar-refractivity contribution in [3.63, 3.8) is 0 Å². The maximum absolute atomic E-state index is 12.0. The second-order valence-corrected chi connectivity index (χ2v) is 5.36. The Morgan fingerprint density at radius 1 is 1.04 bits per heavy atom. The molecule has 0 spiro atoms. The lowest BCUT2D eigenvalue weighted by Crippen LogP contribution is -2.24. The number of hydrogen-bond donors (Lipinski definition) is 1. The van der Waals surface area contributed by atoms with Gasteiger partial charge >= 0.3 is 0 Å². The molecule has 6 heteroatoms. The number of carbonyl (C=O) groups is 1. The standard InChI is InChI=1S/C17H15N3O3/c21-17(14-11-15(14)20(22)23)19-18-16(12-7-3-1-4-8-12)13-9-5-2-6-10-13/h1-10,14-15H,11H2,(H,19,21)/t14-,15-/m1/s1. The molecule has 116 valence electrons. The van der Waals surface area contributed by atoms with Crippen LogP contribution in [0.5, 0.6) is 0 Å². The summed E-state index contributed by atoms with van der Waals surface area (Å²) in [5, 5.41) is 14.9. The Bertz CT molecular complexity index is 703. The Balaban J connectivity index is 1.82. The highest BCUT2D eigenvalue weighted by atomic mass is 16.6. The largest absolute Gasteiger partial charge is 0.273 e. The number of benzene rings is 2. The average molecular weight is 309 g/mol. The van der Waals surface area contributed by atoms with E-state index in [0.717, 1.165) is 11.1 Å². The molecular formula is C17H15N3O3. The summed E-state index contributed by atoms with van der Waals surface area (Å²) in [6.07, 6.45) is 0.278. The minimum Gasteiger partial charge on any atom is -0.273 e. The molecule has 2 aromatic carbocycles. The number of nitrogens with one attached hydrogen (secondary N) is 1. The van der Waals surface area contributed by atoms with Crippen molar-refractivity contribution in [1.29, 1.82) is 0 Å². The van der Waals surface area contributed by atoms with Crippen LogP contribution in [0, 0.1) is 16.0 Å². The van der Waals surface area contributed by atoms with E-state index in [-0.39, 0.29) is 6.42 Å². The van der Waals surface area contributed by atoms with Gasteiger partial charge in [0.2, 0.25) is 11.9 Å². The SMILES string of the molecule is O=C(NN=C(c1ccccc1)c1ccccc1)[C@@H]1C[C@H]1[N+](=O)[O-]. The van der Waals surface area contributed by atoms with E-state index in [0.29, 0.717) is 5.71 Å². The van der Waals surface area contributed by atoms with E-state index in [4.69, 9.17) is 0 Å². The molecule has 0 bridgehead atoms. The summed E-state index contributed by atoms with van der Waals surface area (Å²) in [5.41, 5.74) is 4.82. The highest BCUT2D eigenvalue weighted by Crippen LogP contribution is 2.33. The molecule has 3 rings (SSSR count). The van der Waals surface area contributed by atoms with E-state index in [1.807, 2.05) is 60.7 Å². The number of nitro groups is 1. The van der Waals surface area contributed by atoms with Crippen LogP contribution in [0.3, 0.4) is 0 Å². The van der Waals surface area contributed by atoms with Crippen molar-refractivity contribution >= 4 is 11.6 Å². The summed E-state index contributed by atoms with van der Waals surface area (Å²) >= 11 is 0. The molecule has 1 N–H and O–H groups in total. The smallest absolute Gasteiger partial charge is 0.250 e. The summed E-state index contributed by atoms with van der Waals surface area (Å²) < 4.78 is 0. The first-order chi connectivity index (χ1) is 11.2. The second-order valence-electron chi connectivity index (χ2n) is 5.36. The third-order valence-corrected chi connectivity index (χ3v) is 3.74. The monoisotopic (exact) mass is 309 g/mol. The lowest BCUT2D eigenvalue weighted by Gasteiger charge is -2.07. The van der Waals surface area contributed by atoms with Gasteiger partial charge < -0.3 is 0 Å². The predicted octanol–water partition coefficient (Wildman–Crippen LogP) is 2.22. The van der Waals surface area contributed by atoms with Crippen molar-refractivity contribution < 1.29 is 9.72 Å². The summed E-state index contributed by atoms with van der Waals surface area (Å²) in [5.74, 6) is -0.988. The fourth-order valence-electron chi connectivity index (χ4n) is 2.38. The first-order valence-electron chi connectivity index (χ1n) is 7.28. The van der Waals surface area contributed by atoms with Crippen LogP contribution >= 0.6 is 0 Å². The summed E-state index contributed by atoms with van der Waals surface area (Å²) in [7, 11) is 0. The van der Waals surface area contributed by atoms with Gasteiger partial charge in [-0.15, -0.1) is 0 Å². The van der Waals surface area contributed by atoms with Gasteiger partial charge in [0.05, 0.1) is 5.71 Å². The Kier molecular flexibility index (Phi) is 4.14. The molecule has 0 saturated heterocycles. The zero-order valence-corrected chi connectivity index (χ0v) is 12.3. The molecule has 1 amide bonds. The van der Waals surface area contributed by atoms with Crippen molar-refractivity contribution in [2.45, 2.75) is 12.5 Å². The third kappa shape index (κ3) is 3.42. The highest BCUT2D eigenvalue weighted by Gasteiger charge is 2.53. The molecule has 0 aliphatic heterocycles. The van der Waals surface area contributed by atoms with Crippen LogP contribution in [0.1, 0.15) is 17.5 Å². The fraction of sp³-hybridized carbons (Fsp3) is 0.176. The lowest BCUT2D eigenvalue weighted by molar-refractivity contribution is -0.497. The number of hydrogen-bond acceptors (Lipinski definition) is 4. The molecule has 1 aliphatic rings. The number of carbonyl (C=O) groups excluding carboxylic acids is 1. The molecule has 1 aliphatic carbocycles. The zero-order chi connectivity index (χ0) is 16.2. The van der Waals surface area contributed by atoms with Gasteiger partial charge in [-0.1, -0.05) is 60.7 Å². The van der Waals surface area contributed by atoms with Gasteiger partial charge in [0, 0.05) is 22.5 Å². The van der Waals surface area contributed by atoms with Crippen LogP contribution in [-0.2, 0) is 4.79 Å². The number of hydrazone groups is 1. The van der Waals surface area contributed by atoms with E-state index in [2.05, 4.69) is 10.5 Å². The first-order valence-corrected chi connectivity index (χ1v) is 7.28. The molecular weight excluding hydrogens is 294 g/mol. The molecule has 0 unspecified atom stereocenters. The van der Waals surface area contributed by atoms with Gasteiger partial charge in [-0.05, 0) is 0 Å². The van der Waals surface area contributed by atoms with E-state index >= 15 is 0 Å². The van der Waals surface area contributed by atoms with Gasteiger partial charge in [0.25, 0.3) is 0 Å². The number of rotatable bonds is 5. The summed E-state index contributed by atoms with van der Waals surface area (Å²) in [6.45, 7) is 0. The van der Waals surface area contributed by atoms with Gasteiger partial charge in [0.1, 0.15) is 5.92 Å². The van der Waals surface area contributed by atoms with Crippen LogP contribution in [-0.4, -0.2) is 22.6 Å². The van der Waals surface area contributed by atoms with Gasteiger partial charge in [-0.3, -0.25) is 14.9 Å². The van der Waals surface area contributed by atoms with E-state index in [1.165, 1.54) is 0 Å². The number of amides is 1. The molecule has 2 atom stereocenters. The van der Waals surface area contributed by atoms with Crippen molar-refractivity contribution in [3.8, 4) is 0 Å². The minimum atomic E-state index is -0.776. The first kappa shape index (κ1) is 14.9. The van der Waals surface area contributed by atoms with Crippen molar-refractivity contribution in [1.82, 2.24) is 5.43 Å². The van der Waals surface area contributed by atoms with Crippen molar-refractivity contribution in [3.05, 3.63) is 81.9 Å². The highest BCUT2D eigenvalue weighted by molar-refractivity contribution is 6.13. The van der Waals surface area contributed by atoms with Crippen LogP contribution in [0.4, 0.5) is 0 Å². The average Bonchev–Trinajstić information content (AvgIpc) is 3.38. The maximum Gasteiger partial charge on any atom is 0.250 e. The predicted molar refractivity (Wildman–Crippen MR) is 85.6 cm³/mol. The molecule has 0 radical (unpaired) electrons. The van der Waals surface area contributed by atoms with Crippen LogP contribution in [0.15, 0.2) is 65.8 Å². The van der Waals surface area contributed by atoms with Crippen LogP contribution < -0.4 is 5.43 Å². The molecule has 2 aromatic rings. The molecule has 0 heterocycles. The molecule has 1 fully saturated rings. The minimum absolute atomic E-state index is 0.278. The Labute approximate surface area is 133 Å².